The highest BCUT2D eigenvalue weighted by Crippen LogP contribution is 2.27. The van der Waals surface area contributed by atoms with Crippen molar-refractivity contribution in [3.05, 3.63) is 33.3 Å². The molecule has 0 aliphatic heterocycles. The molecule has 2 N–H and O–H groups in total. The number of anilines is 1. The zero-order valence-corrected chi connectivity index (χ0v) is 10.5. The number of rotatable bonds is 8. The highest BCUT2D eigenvalue weighted by Gasteiger charge is 2.12. The minimum absolute atomic E-state index is 0.00400. The third-order valence-corrected chi connectivity index (χ3v) is 2.41. The van der Waals surface area contributed by atoms with Crippen molar-refractivity contribution in [3.63, 3.8) is 0 Å². The molecule has 1 aromatic carbocycles. The third-order valence-electron chi connectivity index (χ3n) is 2.17. The molecule has 0 aromatic heterocycles. The second-order valence-corrected chi connectivity index (χ2v) is 3.97. The minimum atomic E-state index is -0.457. The number of ether oxygens (including phenoxy) is 1. The van der Waals surface area contributed by atoms with Crippen LogP contribution in [0.3, 0.4) is 0 Å². The first-order valence-electron chi connectivity index (χ1n) is 5.51. The Labute approximate surface area is 110 Å². The molecular weight excluding hydrogens is 260 g/mol. The number of nitrogens with one attached hydrogen (secondary N) is 1. The van der Waals surface area contributed by atoms with Gasteiger partial charge in [-0.2, -0.15) is 0 Å². The number of nitro benzene ring substituents is 1. The van der Waals surface area contributed by atoms with Crippen molar-refractivity contribution in [2.75, 3.05) is 31.7 Å². The minimum Gasteiger partial charge on any atom is -0.394 e. The van der Waals surface area contributed by atoms with Crippen LogP contribution in [0.2, 0.25) is 5.02 Å². The van der Waals surface area contributed by atoms with Crippen molar-refractivity contribution in [2.45, 2.75) is 6.42 Å². The van der Waals surface area contributed by atoms with Gasteiger partial charge in [-0.3, -0.25) is 10.1 Å². The van der Waals surface area contributed by atoms with Gasteiger partial charge in [0.2, 0.25) is 0 Å². The first-order valence-corrected chi connectivity index (χ1v) is 5.89. The lowest BCUT2D eigenvalue weighted by Gasteiger charge is -2.07. The van der Waals surface area contributed by atoms with Gasteiger partial charge in [0, 0.05) is 24.2 Å². The largest absolute Gasteiger partial charge is 0.394 e. The molecule has 0 amide bonds. The van der Waals surface area contributed by atoms with Crippen LogP contribution in [0.4, 0.5) is 11.4 Å². The number of aliphatic hydroxyl groups excluding tert-OH is 1. The fourth-order valence-corrected chi connectivity index (χ4v) is 1.55. The summed E-state index contributed by atoms with van der Waals surface area (Å²) in [5.74, 6) is 0. The summed E-state index contributed by atoms with van der Waals surface area (Å²) in [7, 11) is 0. The van der Waals surface area contributed by atoms with E-state index in [2.05, 4.69) is 5.32 Å². The first-order chi connectivity index (χ1) is 8.65. The average Bonchev–Trinajstić information content (AvgIpc) is 2.33. The number of nitrogens with zero attached hydrogens (tertiary/aromatic N) is 1. The lowest BCUT2D eigenvalue weighted by molar-refractivity contribution is -0.384. The summed E-state index contributed by atoms with van der Waals surface area (Å²) in [5, 5.41) is 22.7. The maximum Gasteiger partial charge on any atom is 0.292 e. The third kappa shape index (κ3) is 4.87. The SMILES string of the molecule is O=[N+]([O-])c1ccc(Cl)cc1NCCCOCCO. The van der Waals surface area contributed by atoms with E-state index in [1.165, 1.54) is 18.2 Å². The Morgan fingerprint density at radius 2 is 2.22 bits per heavy atom. The van der Waals surface area contributed by atoms with Crippen LogP contribution in [0.15, 0.2) is 18.2 Å². The molecule has 0 unspecified atom stereocenters. The van der Waals surface area contributed by atoms with Gasteiger partial charge >= 0.3 is 0 Å². The zero-order valence-electron chi connectivity index (χ0n) is 9.76. The smallest absolute Gasteiger partial charge is 0.292 e. The van der Waals surface area contributed by atoms with E-state index in [-0.39, 0.29) is 12.3 Å². The van der Waals surface area contributed by atoms with Crippen LogP contribution in [-0.2, 0) is 4.74 Å². The van der Waals surface area contributed by atoms with Crippen LogP contribution in [-0.4, -0.2) is 36.4 Å². The van der Waals surface area contributed by atoms with Gasteiger partial charge in [-0.25, -0.2) is 0 Å². The molecule has 0 heterocycles. The van der Waals surface area contributed by atoms with Gasteiger partial charge < -0.3 is 15.2 Å². The summed E-state index contributed by atoms with van der Waals surface area (Å²) >= 11 is 5.79. The Kier molecular flexibility index (Phi) is 6.42. The Hall–Kier alpha value is -1.37. The molecule has 0 saturated heterocycles. The fourth-order valence-electron chi connectivity index (χ4n) is 1.37. The molecule has 0 aliphatic rings. The molecule has 7 heteroatoms. The summed E-state index contributed by atoms with van der Waals surface area (Å²) in [4.78, 5) is 10.3. The Morgan fingerprint density at radius 1 is 1.44 bits per heavy atom. The van der Waals surface area contributed by atoms with Gasteiger partial charge in [0.1, 0.15) is 5.69 Å². The highest BCUT2D eigenvalue weighted by molar-refractivity contribution is 6.31. The molecule has 18 heavy (non-hydrogen) atoms. The van der Waals surface area contributed by atoms with Crippen LogP contribution >= 0.6 is 11.6 Å². The molecule has 1 aromatic rings. The summed E-state index contributed by atoms with van der Waals surface area (Å²) < 4.78 is 5.07. The Bertz CT molecular complexity index is 401. The summed E-state index contributed by atoms with van der Waals surface area (Å²) in [6.45, 7) is 1.32. The zero-order chi connectivity index (χ0) is 13.4. The highest BCUT2D eigenvalue weighted by atomic mass is 35.5. The van der Waals surface area contributed by atoms with Crippen LogP contribution in [0.1, 0.15) is 6.42 Å². The van der Waals surface area contributed by atoms with Crippen molar-refractivity contribution in [2.24, 2.45) is 0 Å². The average molecular weight is 275 g/mol. The summed E-state index contributed by atoms with van der Waals surface area (Å²) in [5.41, 5.74) is 0.394. The molecule has 0 fully saturated rings. The molecule has 0 atom stereocenters. The molecule has 0 spiro atoms. The Morgan fingerprint density at radius 3 is 2.89 bits per heavy atom. The quantitative estimate of drug-likeness (QED) is 0.431. The summed E-state index contributed by atoms with van der Waals surface area (Å²) in [6, 6.07) is 4.37. The van der Waals surface area contributed by atoms with E-state index in [4.69, 9.17) is 21.4 Å². The van der Waals surface area contributed by atoms with Gasteiger partial charge in [0.25, 0.3) is 5.69 Å². The van der Waals surface area contributed by atoms with Crippen molar-refractivity contribution in [1.29, 1.82) is 0 Å². The molecule has 0 radical (unpaired) electrons. The maximum atomic E-state index is 10.8. The predicted molar refractivity (Wildman–Crippen MR) is 69.1 cm³/mol. The number of benzene rings is 1. The van der Waals surface area contributed by atoms with E-state index in [0.29, 0.717) is 36.9 Å². The number of aliphatic hydroxyl groups is 1. The standard InChI is InChI=1S/C11H15ClN2O4/c12-9-2-3-11(14(16)17)10(8-9)13-4-1-6-18-7-5-15/h2-3,8,13,15H,1,4-7H2. The topological polar surface area (TPSA) is 84.6 Å². The molecule has 0 bridgehead atoms. The van der Waals surface area contributed by atoms with Gasteiger partial charge in [-0.1, -0.05) is 11.6 Å². The molecule has 100 valence electrons. The van der Waals surface area contributed by atoms with Crippen molar-refractivity contribution in [1.82, 2.24) is 0 Å². The first kappa shape index (κ1) is 14.7. The maximum absolute atomic E-state index is 10.8. The Balaban J connectivity index is 2.45. The second kappa shape index (κ2) is 7.86. The van der Waals surface area contributed by atoms with Gasteiger partial charge in [0.05, 0.1) is 18.1 Å². The van der Waals surface area contributed by atoms with E-state index in [1.54, 1.807) is 0 Å². The second-order valence-electron chi connectivity index (χ2n) is 3.53. The monoisotopic (exact) mass is 274 g/mol. The van der Waals surface area contributed by atoms with Crippen molar-refractivity contribution >= 4 is 23.0 Å². The van der Waals surface area contributed by atoms with Crippen LogP contribution < -0.4 is 5.32 Å². The van der Waals surface area contributed by atoms with Gasteiger partial charge in [-0.05, 0) is 18.6 Å². The fraction of sp³-hybridized carbons (Fsp3) is 0.455. The van der Waals surface area contributed by atoms with Crippen molar-refractivity contribution < 1.29 is 14.8 Å². The van der Waals surface area contributed by atoms with Crippen LogP contribution in [0.25, 0.3) is 0 Å². The number of hydrogen-bond donors (Lipinski definition) is 2. The molecule has 1 rings (SSSR count). The predicted octanol–water partition coefficient (Wildman–Crippen LogP) is 2.06. The molecule has 0 saturated carbocycles. The van der Waals surface area contributed by atoms with Crippen molar-refractivity contribution in [3.8, 4) is 0 Å². The van der Waals surface area contributed by atoms with Crippen LogP contribution in [0, 0.1) is 10.1 Å². The number of hydrogen-bond acceptors (Lipinski definition) is 5. The van der Waals surface area contributed by atoms with E-state index >= 15 is 0 Å². The molecule has 6 nitrogen and oxygen atoms in total. The molecular formula is C11H15ClN2O4. The molecule has 0 aliphatic carbocycles. The van der Waals surface area contributed by atoms with E-state index < -0.39 is 4.92 Å². The number of halogens is 1. The number of nitro groups is 1. The summed E-state index contributed by atoms with van der Waals surface area (Å²) in [6.07, 6.45) is 0.684. The lowest BCUT2D eigenvalue weighted by atomic mass is 10.2. The van der Waals surface area contributed by atoms with Crippen LogP contribution in [0.5, 0.6) is 0 Å². The van der Waals surface area contributed by atoms with Gasteiger partial charge in [0.15, 0.2) is 0 Å². The lowest BCUT2D eigenvalue weighted by Crippen LogP contribution is -2.08. The normalized spacial score (nSPS) is 10.3. The van der Waals surface area contributed by atoms with E-state index in [9.17, 15) is 10.1 Å². The van der Waals surface area contributed by atoms with E-state index in [1.807, 2.05) is 0 Å². The van der Waals surface area contributed by atoms with E-state index in [0.717, 1.165) is 0 Å². The van der Waals surface area contributed by atoms with Gasteiger partial charge in [-0.15, -0.1) is 0 Å².